The molecule has 1 amide bonds. The van der Waals surface area contributed by atoms with Gasteiger partial charge in [0.15, 0.2) is 0 Å². The number of benzene rings is 1. The van der Waals surface area contributed by atoms with Crippen molar-refractivity contribution in [3.05, 3.63) is 102 Å². The van der Waals surface area contributed by atoms with Crippen LogP contribution in [-0.4, -0.2) is 20.4 Å². The molecule has 0 atom stereocenters. The molecule has 154 valence electrons. The average Bonchev–Trinajstić information content (AvgIpc) is 3.12. The number of anilines is 1. The van der Waals surface area contributed by atoms with Gasteiger partial charge in [-0.05, 0) is 47.5 Å². The zero-order chi connectivity index (χ0) is 21.8. The fourth-order valence-corrected chi connectivity index (χ4v) is 3.52. The molecule has 0 saturated heterocycles. The molecule has 0 aliphatic heterocycles. The van der Waals surface area contributed by atoms with E-state index in [0.717, 1.165) is 27.7 Å². The second kappa shape index (κ2) is 8.98. The highest BCUT2D eigenvalue weighted by Crippen LogP contribution is 2.27. The van der Waals surface area contributed by atoms with Crippen molar-refractivity contribution in [2.24, 2.45) is 7.05 Å². The maximum absolute atomic E-state index is 12.6. The van der Waals surface area contributed by atoms with Crippen molar-refractivity contribution < 1.29 is 4.79 Å². The van der Waals surface area contributed by atoms with Crippen molar-refractivity contribution in [2.45, 2.75) is 6.54 Å². The van der Waals surface area contributed by atoms with E-state index in [1.807, 2.05) is 72.4 Å². The summed E-state index contributed by atoms with van der Waals surface area (Å²) in [6.07, 6.45) is 12.6. The van der Waals surface area contributed by atoms with E-state index < -0.39 is 0 Å². The summed E-state index contributed by atoms with van der Waals surface area (Å²) < 4.78 is 1.98. The molecule has 5 nitrogen and oxygen atoms in total. The summed E-state index contributed by atoms with van der Waals surface area (Å²) in [6.45, 7) is 4.06. The summed E-state index contributed by atoms with van der Waals surface area (Å²) in [6, 6.07) is 13.4. The Morgan fingerprint density at radius 3 is 2.61 bits per heavy atom. The lowest BCUT2D eigenvalue weighted by molar-refractivity contribution is -0.114. The number of hydrogen-bond donors (Lipinski definition) is 0. The monoisotopic (exact) mass is 428 g/mol. The van der Waals surface area contributed by atoms with Crippen LogP contribution in [0, 0.1) is 0 Å². The summed E-state index contributed by atoms with van der Waals surface area (Å²) in [4.78, 5) is 22.9. The highest BCUT2D eigenvalue weighted by atomic mass is 35.5. The third kappa shape index (κ3) is 4.57. The van der Waals surface area contributed by atoms with Gasteiger partial charge in [-0.15, -0.1) is 0 Å². The molecular formula is C25H21ClN4O. The summed E-state index contributed by atoms with van der Waals surface area (Å²) in [5.74, 6) is -0.188. The van der Waals surface area contributed by atoms with E-state index in [2.05, 4.69) is 16.5 Å². The number of carbonyl (C=O) groups excluding carboxylic acids is 1. The van der Waals surface area contributed by atoms with E-state index in [0.29, 0.717) is 17.3 Å². The van der Waals surface area contributed by atoms with Crippen LogP contribution in [0.15, 0.2) is 79.9 Å². The molecule has 0 radical (unpaired) electrons. The molecule has 6 heteroatoms. The minimum absolute atomic E-state index is 0.188. The van der Waals surface area contributed by atoms with Crippen LogP contribution in [0.1, 0.15) is 16.7 Å². The number of rotatable bonds is 6. The lowest BCUT2D eigenvalue weighted by atomic mass is 10.1. The zero-order valence-electron chi connectivity index (χ0n) is 17.1. The van der Waals surface area contributed by atoms with Gasteiger partial charge in [0.05, 0.1) is 18.4 Å². The van der Waals surface area contributed by atoms with Crippen molar-refractivity contribution >= 4 is 46.4 Å². The first-order valence-electron chi connectivity index (χ1n) is 9.77. The van der Waals surface area contributed by atoms with Gasteiger partial charge in [0, 0.05) is 41.6 Å². The Bertz CT molecular complexity index is 1260. The highest BCUT2D eigenvalue weighted by Gasteiger charge is 2.16. The van der Waals surface area contributed by atoms with Crippen LogP contribution in [0.2, 0.25) is 5.02 Å². The van der Waals surface area contributed by atoms with E-state index in [9.17, 15) is 4.79 Å². The quantitative estimate of drug-likeness (QED) is 0.380. The van der Waals surface area contributed by atoms with Crippen LogP contribution in [0.25, 0.3) is 23.2 Å². The van der Waals surface area contributed by atoms with Gasteiger partial charge < -0.3 is 9.47 Å². The van der Waals surface area contributed by atoms with Gasteiger partial charge in [-0.3, -0.25) is 9.78 Å². The normalized spacial score (nSPS) is 11.2. The zero-order valence-corrected chi connectivity index (χ0v) is 17.8. The van der Waals surface area contributed by atoms with Crippen LogP contribution in [0.4, 0.5) is 5.69 Å². The standard InChI is InChI=1S/C25H21ClN4O/c1-3-24(31)30(16-19-10-12-27-13-11-19)22-14-23-20(17-29(2)25(23)28-15-22)7-4-18-5-8-21(26)9-6-18/h3-15,17H,1,16H2,2H3. The lowest BCUT2D eigenvalue weighted by Gasteiger charge is -2.21. The molecule has 0 unspecified atom stereocenters. The fourth-order valence-electron chi connectivity index (χ4n) is 3.40. The predicted molar refractivity (Wildman–Crippen MR) is 127 cm³/mol. The first-order chi connectivity index (χ1) is 15.0. The molecule has 0 fully saturated rings. The third-order valence-electron chi connectivity index (χ3n) is 5.00. The van der Waals surface area contributed by atoms with Crippen molar-refractivity contribution in [1.29, 1.82) is 0 Å². The Morgan fingerprint density at radius 2 is 1.90 bits per heavy atom. The van der Waals surface area contributed by atoms with Crippen molar-refractivity contribution in [2.75, 3.05) is 4.90 Å². The van der Waals surface area contributed by atoms with E-state index in [4.69, 9.17) is 11.6 Å². The van der Waals surface area contributed by atoms with Gasteiger partial charge in [0.2, 0.25) is 0 Å². The summed E-state index contributed by atoms with van der Waals surface area (Å²) in [7, 11) is 1.96. The molecule has 4 aromatic rings. The van der Waals surface area contributed by atoms with Crippen LogP contribution in [0.5, 0.6) is 0 Å². The largest absolute Gasteiger partial charge is 0.335 e. The number of aryl methyl sites for hydroxylation is 1. The van der Waals surface area contributed by atoms with Gasteiger partial charge in [0.25, 0.3) is 5.91 Å². The van der Waals surface area contributed by atoms with Crippen molar-refractivity contribution in [1.82, 2.24) is 14.5 Å². The van der Waals surface area contributed by atoms with Gasteiger partial charge in [-0.2, -0.15) is 0 Å². The molecule has 0 N–H and O–H groups in total. The topological polar surface area (TPSA) is 51.0 Å². The van der Waals surface area contributed by atoms with Crippen LogP contribution in [0.3, 0.4) is 0 Å². The Morgan fingerprint density at radius 1 is 1.16 bits per heavy atom. The summed E-state index contributed by atoms with van der Waals surface area (Å²) >= 11 is 5.97. The van der Waals surface area contributed by atoms with E-state index >= 15 is 0 Å². The molecular weight excluding hydrogens is 408 g/mol. The molecule has 31 heavy (non-hydrogen) atoms. The van der Waals surface area contributed by atoms with Gasteiger partial charge >= 0.3 is 0 Å². The lowest BCUT2D eigenvalue weighted by Crippen LogP contribution is -2.28. The molecule has 0 saturated carbocycles. The minimum atomic E-state index is -0.188. The van der Waals surface area contributed by atoms with Crippen molar-refractivity contribution in [3.8, 4) is 0 Å². The smallest absolute Gasteiger partial charge is 0.250 e. The van der Waals surface area contributed by atoms with Crippen LogP contribution < -0.4 is 4.90 Å². The maximum atomic E-state index is 12.6. The molecule has 0 bridgehead atoms. The Labute approximate surface area is 185 Å². The Kier molecular flexibility index (Phi) is 5.96. The minimum Gasteiger partial charge on any atom is -0.335 e. The average molecular weight is 429 g/mol. The van der Waals surface area contributed by atoms with Crippen LogP contribution >= 0.6 is 11.6 Å². The Hall–Kier alpha value is -3.70. The number of hydrogen-bond acceptors (Lipinski definition) is 3. The number of amides is 1. The second-order valence-corrected chi connectivity index (χ2v) is 7.57. The number of nitrogens with zero attached hydrogens (tertiary/aromatic N) is 4. The number of carbonyl (C=O) groups is 1. The SMILES string of the molecule is C=CC(=O)N(Cc1ccncc1)c1cnc2c(c1)c(C=Cc1ccc(Cl)cc1)cn2C. The van der Waals surface area contributed by atoms with Crippen LogP contribution in [-0.2, 0) is 18.4 Å². The first-order valence-corrected chi connectivity index (χ1v) is 10.1. The summed E-state index contributed by atoms with van der Waals surface area (Å²) in [5, 5.41) is 1.67. The van der Waals surface area contributed by atoms with Gasteiger partial charge in [-0.1, -0.05) is 42.5 Å². The molecule has 3 aromatic heterocycles. The fraction of sp³-hybridized carbons (Fsp3) is 0.0800. The molecule has 0 spiro atoms. The molecule has 0 aliphatic rings. The summed E-state index contributed by atoms with van der Waals surface area (Å²) in [5.41, 5.74) is 4.58. The molecule has 1 aromatic carbocycles. The second-order valence-electron chi connectivity index (χ2n) is 7.13. The Balaban J connectivity index is 1.72. The van der Waals surface area contributed by atoms with E-state index in [-0.39, 0.29) is 5.91 Å². The van der Waals surface area contributed by atoms with Crippen molar-refractivity contribution in [3.63, 3.8) is 0 Å². The number of pyridine rings is 2. The van der Waals surface area contributed by atoms with E-state index in [1.165, 1.54) is 6.08 Å². The molecule has 3 heterocycles. The number of halogens is 1. The van der Waals surface area contributed by atoms with E-state index in [1.54, 1.807) is 23.5 Å². The predicted octanol–water partition coefficient (Wildman–Crippen LogP) is 5.51. The van der Waals surface area contributed by atoms with Gasteiger partial charge in [0.1, 0.15) is 5.65 Å². The number of aromatic nitrogens is 3. The molecule has 4 rings (SSSR count). The first kappa shape index (κ1) is 20.6. The maximum Gasteiger partial charge on any atom is 0.250 e. The number of fused-ring (bicyclic) bond motifs is 1. The highest BCUT2D eigenvalue weighted by molar-refractivity contribution is 6.30. The third-order valence-corrected chi connectivity index (χ3v) is 5.25. The van der Waals surface area contributed by atoms with Gasteiger partial charge in [-0.25, -0.2) is 4.98 Å². The molecule has 0 aliphatic carbocycles.